The van der Waals surface area contributed by atoms with Crippen molar-refractivity contribution in [3.05, 3.63) is 28.2 Å². The number of hydrogen-bond acceptors (Lipinski definition) is 4. The highest BCUT2D eigenvalue weighted by Gasteiger charge is 2.05. The van der Waals surface area contributed by atoms with Crippen molar-refractivity contribution in [2.24, 2.45) is 5.73 Å². The lowest BCUT2D eigenvalue weighted by Crippen LogP contribution is -2.26. The summed E-state index contributed by atoms with van der Waals surface area (Å²) >= 11 is 0. The highest BCUT2D eigenvalue weighted by atomic mass is 16.2. The lowest BCUT2D eigenvalue weighted by molar-refractivity contribution is 0.0947. The van der Waals surface area contributed by atoms with Crippen LogP contribution in [0.5, 0.6) is 0 Å². The molecule has 16 heavy (non-hydrogen) atoms. The van der Waals surface area contributed by atoms with Gasteiger partial charge in [0.2, 0.25) is 0 Å². The number of aromatic nitrogens is 2. The Labute approximate surface area is 93.2 Å². The number of hydrogen-bond donors (Lipinski definition) is 3. The van der Waals surface area contributed by atoms with Crippen molar-refractivity contribution >= 4 is 5.91 Å². The highest BCUT2D eigenvalue weighted by Crippen LogP contribution is 1.93. The summed E-state index contributed by atoms with van der Waals surface area (Å²) < 4.78 is 0. The van der Waals surface area contributed by atoms with Gasteiger partial charge in [-0.3, -0.25) is 9.59 Å². The molecular weight excluding hydrogens is 208 g/mol. The van der Waals surface area contributed by atoms with E-state index in [9.17, 15) is 9.59 Å². The molecule has 0 aromatic carbocycles. The van der Waals surface area contributed by atoms with Crippen LogP contribution in [0.25, 0.3) is 0 Å². The van der Waals surface area contributed by atoms with Crippen molar-refractivity contribution in [1.29, 1.82) is 0 Å². The van der Waals surface area contributed by atoms with Gasteiger partial charge in [0, 0.05) is 12.6 Å². The summed E-state index contributed by atoms with van der Waals surface area (Å²) in [7, 11) is 0. The molecule has 6 nitrogen and oxygen atoms in total. The smallest absolute Gasteiger partial charge is 0.271 e. The molecule has 0 radical (unpaired) electrons. The number of carbonyl (C=O) groups is 1. The molecule has 1 amide bonds. The van der Waals surface area contributed by atoms with E-state index in [-0.39, 0.29) is 17.2 Å². The maximum atomic E-state index is 11.5. The molecule has 4 N–H and O–H groups in total. The molecule has 88 valence electrons. The van der Waals surface area contributed by atoms with Gasteiger partial charge in [0.25, 0.3) is 11.5 Å². The van der Waals surface area contributed by atoms with Crippen molar-refractivity contribution in [2.45, 2.75) is 19.3 Å². The first-order valence-corrected chi connectivity index (χ1v) is 5.28. The van der Waals surface area contributed by atoms with Crippen molar-refractivity contribution in [2.75, 3.05) is 13.1 Å². The number of amides is 1. The van der Waals surface area contributed by atoms with Gasteiger partial charge >= 0.3 is 0 Å². The Hall–Kier alpha value is -1.69. The molecule has 1 rings (SSSR count). The van der Waals surface area contributed by atoms with Gasteiger partial charge in [-0.05, 0) is 25.5 Å². The molecule has 0 aliphatic heterocycles. The van der Waals surface area contributed by atoms with Crippen molar-refractivity contribution < 1.29 is 4.79 Å². The number of aromatic amines is 1. The molecule has 0 aliphatic carbocycles. The van der Waals surface area contributed by atoms with Gasteiger partial charge in [0.1, 0.15) is 5.69 Å². The van der Waals surface area contributed by atoms with E-state index in [1.54, 1.807) is 0 Å². The third-order valence-electron chi connectivity index (χ3n) is 2.08. The molecule has 0 spiro atoms. The lowest BCUT2D eigenvalue weighted by Gasteiger charge is -2.03. The zero-order valence-corrected chi connectivity index (χ0v) is 9.03. The van der Waals surface area contributed by atoms with Gasteiger partial charge in [-0.15, -0.1) is 0 Å². The van der Waals surface area contributed by atoms with Crippen LogP contribution in [0, 0.1) is 0 Å². The largest absolute Gasteiger partial charge is 0.351 e. The number of unbranched alkanes of at least 4 members (excludes halogenated alkanes) is 2. The minimum atomic E-state index is -0.320. The lowest BCUT2D eigenvalue weighted by atomic mass is 10.2. The molecule has 0 atom stereocenters. The van der Waals surface area contributed by atoms with E-state index in [0.29, 0.717) is 13.1 Å². The van der Waals surface area contributed by atoms with Crippen LogP contribution in [-0.4, -0.2) is 29.2 Å². The van der Waals surface area contributed by atoms with E-state index in [4.69, 9.17) is 5.73 Å². The second-order valence-corrected chi connectivity index (χ2v) is 3.41. The maximum absolute atomic E-state index is 11.5. The predicted octanol–water partition coefficient (Wildman–Crippen LogP) is -0.371. The summed E-state index contributed by atoms with van der Waals surface area (Å²) in [6.07, 6.45) is 2.86. The van der Waals surface area contributed by atoms with E-state index in [1.807, 2.05) is 0 Å². The van der Waals surface area contributed by atoms with Crippen molar-refractivity contribution in [3.8, 4) is 0 Å². The number of carbonyl (C=O) groups excluding carboxylic acids is 1. The molecule has 0 fully saturated rings. The average molecular weight is 224 g/mol. The fraction of sp³-hybridized carbons (Fsp3) is 0.500. The normalized spacial score (nSPS) is 10.1. The molecule has 6 heteroatoms. The number of H-pyrrole nitrogens is 1. The maximum Gasteiger partial charge on any atom is 0.271 e. The second-order valence-electron chi connectivity index (χ2n) is 3.41. The third-order valence-corrected chi connectivity index (χ3v) is 2.08. The first-order valence-electron chi connectivity index (χ1n) is 5.28. The Morgan fingerprint density at radius 2 is 2.19 bits per heavy atom. The average Bonchev–Trinajstić information content (AvgIpc) is 2.29. The van der Waals surface area contributed by atoms with Crippen LogP contribution in [0.4, 0.5) is 0 Å². The summed E-state index contributed by atoms with van der Waals surface area (Å²) in [6, 6.07) is 2.67. The van der Waals surface area contributed by atoms with Gasteiger partial charge in [-0.1, -0.05) is 6.42 Å². The van der Waals surface area contributed by atoms with Crippen LogP contribution in [0.15, 0.2) is 16.9 Å². The summed E-state index contributed by atoms with van der Waals surface area (Å²) in [5, 5.41) is 8.55. The van der Waals surface area contributed by atoms with Gasteiger partial charge in [-0.2, -0.15) is 5.10 Å². The molecule has 0 bridgehead atoms. The fourth-order valence-electron chi connectivity index (χ4n) is 1.21. The minimum absolute atomic E-state index is 0.221. The topological polar surface area (TPSA) is 101 Å². The van der Waals surface area contributed by atoms with Gasteiger partial charge < -0.3 is 11.1 Å². The number of nitrogens with zero attached hydrogens (tertiary/aromatic N) is 1. The molecule has 1 heterocycles. The molecule has 0 saturated carbocycles. The Kier molecular flexibility index (Phi) is 5.21. The molecule has 1 aromatic heterocycles. The predicted molar refractivity (Wildman–Crippen MR) is 60.1 cm³/mol. The van der Waals surface area contributed by atoms with Crippen LogP contribution in [0.2, 0.25) is 0 Å². The summed E-state index contributed by atoms with van der Waals surface area (Å²) in [5.74, 6) is -0.274. The van der Waals surface area contributed by atoms with E-state index >= 15 is 0 Å². The summed E-state index contributed by atoms with van der Waals surface area (Å²) in [6.45, 7) is 1.27. The monoisotopic (exact) mass is 224 g/mol. The van der Waals surface area contributed by atoms with E-state index in [2.05, 4.69) is 15.5 Å². The zero-order chi connectivity index (χ0) is 11.8. The fourth-order valence-corrected chi connectivity index (χ4v) is 1.21. The van der Waals surface area contributed by atoms with Crippen LogP contribution in [0.1, 0.15) is 29.8 Å². The van der Waals surface area contributed by atoms with Crippen molar-refractivity contribution in [3.63, 3.8) is 0 Å². The van der Waals surface area contributed by atoms with E-state index in [1.165, 1.54) is 12.1 Å². The summed E-state index contributed by atoms with van der Waals surface area (Å²) in [5.41, 5.74) is 5.25. The van der Waals surface area contributed by atoms with Crippen LogP contribution >= 0.6 is 0 Å². The zero-order valence-electron chi connectivity index (χ0n) is 9.03. The summed E-state index contributed by atoms with van der Waals surface area (Å²) in [4.78, 5) is 22.2. The van der Waals surface area contributed by atoms with Crippen LogP contribution in [0.3, 0.4) is 0 Å². The van der Waals surface area contributed by atoms with Crippen LogP contribution in [-0.2, 0) is 0 Å². The van der Waals surface area contributed by atoms with E-state index in [0.717, 1.165) is 19.3 Å². The Bertz CT molecular complexity index is 368. The second kappa shape index (κ2) is 6.73. The molecular formula is C10H16N4O2. The Morgan fingerprint density at radius 1 is 1.38 bits per heavy atom. The number of rotatable bonds is 6. The standard InChI is InChI=1S/C10H16N4O2/c11-6-2-1-3-7-12-10(16)8-4-5-9(15)14-13-8/h4-5H,1-3,6-7,11H2,(H,12,16)(H,14,15). The molecule has 1 aromatic rings. The third kappa shape index (κ3) is 4.22. The Morgan fingerprint density at radius 3 is 2.81 bits per heavy atom. The van der Waals surface area contributed by atoms with Gasteiger partial charge in [0.05, 0.1) is 0 Å². The Balaban J connectivity index is 2.30. The van der Waals surface area contributed by atoms with Gasteiger partial charge in [-0.25, -0.2) is 5.10 Å². The first-order chi connectivity index (χ1) is 7.74. The number of nitrogens with one attached hydrogen (secondary N) is 2. The quantitative estimate of drug-likeness (QED) is 0.574. The highest BCUT2D eigenvalue weighted by molar-refractivity contribution is 5.91. The SMILES string of the molecule is NCCCCCNC(=O)c1ccc(=O)[nH]n1. The van der Waals surface area contributed by atoms with Crippen molar-refractivity contribution in [1.82, 2.24) is 15.5 Å². The molecule has 0 unspecified atom stereocenters. The van der Waals surface area contributed by atoms with Crippen LogP contribution < -0.4 is 16.6 Å². The van der Waals surface area contributed by atoms with Gasteiger partial charge in [0.15, 0.2) is 0 Å². The number of nitrogens with two attached hydrogens (primary N) is 1. The molecule has 0 saturated heterocycles. The van der Waals surface area contributed by atoms with E-state index < -0.39 is 0 Å². The first kappa shape index (κ1) is 12.4. The molecule has 0 aliphatic rings. The minimum Gasteiger partial charge on any atom is -0.351 e.